The van der Waals surface area contributed by atoms with Crippen LogP contribution >= 0.6 is 23.5 Å². The molecular weight excluding hydrogens is 1290 g/mol. The fraction of sp³-hybridized carbons (Fsp3) is 0.231. The summed E-state index contributed by atoms with van der Waals surface area (Å²) in [5.41, 5.74) is 27.6. The van der Waals surface area contributed by atoms with Gasteiger partial charge in [-0.1, -0.05) is 172 Å². The summed E-state index contributed by atoms with van der Waals surface area (Å²) in [7, 11) is 0. The number of aromatic nitrogens is 3. The number of benzene rings is 9. The third-order valence-corrected chi connectivity index (χ3v) is 20.6. The van der Waals surface area contributed by atoms with Gasteiger partial charge in [-0.2, -0.15) is 0 Å². The van der Waals surface area contributed by atoms with Crippen LogP contribution in [0, 0.1) is 31.8 Å². The maximum absolute atomic E-state index is 12.7. The second kappa shape index (κ2) is 20.5. The number of halogens is 1. The van der Waals surface area contributed by atoms with Crippen molar-refractivity contribution in [2.24, 2.45) is 0 Å². The molecule has 0 aliphatic carbocycles. The maximum atomic E-state index is 12.7. The van der Waals surface area contributed by atoms with Gasteiger partial charge in [0.2, 0.25) is 0 Å². The van der Waals surface area contributed by atoms with Gasteiger partial charge < -0.3 is 19.2 Å². The first-order valence-corrected chi connectivity index (χ1v) is 32.0. The SMILES string of the molecule is CC(C)(C)c1ccc2c(c1)Sc1cc(C(C)(C)C)cc3c1N2c1cc(-c2ccc4c5ccc[c-]c5c5nc6ccccc6n5c4c2)cc2c1B3c1cc(C(C)(C)C)cc3c1N2c1ccc(C(C)(C)C)cc1S3.Cc1cnc(-c2[c-]cc(F)cc2)cc1C.[Ir]. The van der Waals surface area contributed by atoms with Gasteiger partial charge in [0.1, 0.15) is 0 Å². The molecule has 7 heterocycles. The Kier molecular flexibility index (Phi) is 13.6. The number of para-hydroxylation sites is 2. The number of pyridine rings is 2. The number of nitrogens with zero attached hydrogens (tertiary/aromatic N) is 5. The molecule has 0 fully saturated rings. The van der Waals surface area contributed by atoms with E-state index in [-0.39, 0.29) is 54.3 Å². The van der Waals surface area contributed by atoms with Gasteiger partial charge in [-0.15, -0.1) is 59.5 Å². The largest absolute Gasteiger partial charge is 0.333 e. The zero-order valence-corrected chi connectivity index (χ0v) is 56.5. The molecule has 4 aliphatic rings. The zero-order valence-electron chi connectivity index (χ0n) is 52.4. The Morgan fingerprint density at radius 2 is 1.08 bits per heavy atom. The van der Waals surface area contributed by atoms with Crippen molar-refractivity contribution in [3.8, 4) is 22.4 Å². The van der Waals surface area contributed by atoms with Gasteiger partial charge in [0.25, 0.3) is 6.71 Å². The summed E-state index contributed by atoms with van der Waals surface area (Å²) in [5.74, 6) is -0.275. The van der Waals surface area contributed by atoms with Gasteiger partial charge in [-0.25, -0.2) is 0 Å². The molecule has 9 aromatic carbocycles. The number of rotatable bonds is 2. The molecule has 10 heteroatoms. The minimum atomic E-state index is -0.275. The predicted octanol–water partition coefficient (Wildman–Crippen LogP) is 19.8. The van der Waals surface area contributed by atoms with Crippen LogP contribution in [-0.2, 0) is 41.8 Å². The minimum Gasteiger partial charge on any atom is -0.333 e. The van der Waals surface area contributed by atoms with Crippen molar-refractivity contribution < 1.29 is 24.5 Å². The Labute approximate surface area is 539 Å². The van der Waals surface area contributed by atoms with Crippen molar-refractivity contribution in [1.29, 1.82) is 0 Å². The summed E-state index contributed by atoms with van der Waals surface area (Å²) in [6, 6.07) is 64.7. The third-order valence-electron chi connectivity index (χ3n) is 18.4. The minimum absolute atomic E-state index is 0. The maximum Gasteiger partial charge on any atom is 0.252 e. The normalized spacial score (nSPS) is 13.8. The number of hydrogen-bond acceptors (Lipinski definition) is 6. The van der Waals surface area contributed by atoms with Crippen molar-refractivity contribution in [3.05, 3.63) is 215 Å². The second-order valence-corrected chi connectivity index (χ2v) is 30.6. The number of anilines is 6. The first-order valence-electron chi connectivity index (χ1n) is 30.4. The molecule has 0 unspecified atom stereocenters. The Morgan fingerprint density at radius 3 is 1.64 bits per heavy atom. The molecule has 439 valence electrons. The van der Waals surface area contributed by atoms with Crippen LogP contribution in [0.25, 0.3) is 60.7 Å². The van der Waals surface area contributed by atoms with Crippen molar-refractivity contribution in [2.45, 2.75) is 138 Å². The van der Waals surface area contributed by atoms with Gasteiger partial charge >= 0.3 is 0 Å². The standard InChI is InChI=1S/C65H58BN4S2.C13H11FN.Ir/c1-62(2,3)38-22-25-49-54(32-38)71-56-34-40(64(7,8)9)30-45-59(56)68(49)52-28-37(36-21-24-43-42-17-13-14-18-44(42)61-67-47-19-15-16-20-48(47)70(61)51(43)27-36)29-53-58(52)66(45)46-31-41(65(10,11)12)35-57-60(46)69(53)50-26-23-39(63(4,5)6)33-55(50)72-57;1-9-7-13(15-8-10(9)2)11-3-5-12(14)6-4-11;/h13-17,19-35H,1-12H3;3,5-8H,1-2H3;/q2*-1;. The second-order valence-electron chi connectivity index (χ2n) is 28.5. The van der Waals surface area contributed by atoms with E-state index in [1.807, 2.05) is 55.7 Å². The van der Waals surface area contributed by atoms with Crippen LogP contribution in [0.2, 0.25) is 0 Å². The molecule has 0 saturated heterocycles. The van der Waals surface area contributed by atoms with Gasteiger partial charge in [-0.3, -0.25) is 9.37 Å². The van der Waals surface area contributed by atoms with E-state index >= 15 is 0 Å². The van der Waals surface area contributed by atoms with Crippen molar-refractivity contribution in [1.82, 2.24) is 14.4 Å². The van der Waals surface area contributed by atoms with Gasteiger partial charge in [0, 0.05) is 68.6 Å². The van der Waals surface area contributed by atoms with Crippen molar-refractivity contribution >= 4 is 119 Å². The van der Waals surface area contributed by atoms with Gasteiger partial charge in [-0.05, 0) is 169 Å². The number of hydrogen-bond donors (Lipinski definition) is 0. The summed E-state index contributed by atoms with van der Waals surface area (Å²) in [6.07, 6.45) is 1.82. The Hall–Kier alpha value is -7.46. The number of imidazole rings is 1. The van der Waals surface area contributed by atoms with E-state index in [0.717, 1.165) is 49.8 Å². The molecule has 1 radical (unpaired) electrons. The topological polar surface area (TPSA) is 36.7 Å². The molecule has 0 bridgehead atoms. The van der Waals surface area contributed by atoms with Gasteiger partial charge in [0.05, 0.1) is 39.4 Å². The Bertz CT molecular complexity index is 4760. The first-order chi connectivity index (χ1) is 41.4. The van der Waals surface area contributed by atoms with Gasteiger partial charge in [0.15, 0.2) is 0 Å². The molecule has 12 aromatic rings. The monoisotopic (exact) mass is 1360 g/mol. The van der Waals surface area contributed by atoms with E-state index in [1.165, 1.54) is 127 Å². The molecule has 88 heavy (non-hydrogen) atoms. The molecule has 3 aromatic heterocycles. The van der Waals surface area contributed by atoms with Crippen LogP contribution in [0.1, 0.15) is 116 Å². The summed E-state index contributed by atoms with van der Waals surface area (Å²) in [6.45, 7) is 32.3. The fourth-order valence-corrected chi connectivity index (χ4v) is 15.7. The molecule has 16 rings (SSSR count). The van der Waals surface area contributed by atoms with Crippen molar-refractivity contribution in [2.75, 3.05) is 9.80 Å². The average Bonchev–Trinajstić information content (AvgIpc) is 0.772. The van der Waals surface area contributed by atoms with E-state index in [4.69, 9.17) is 4.98 Å². The van der Waals surface area contributed by atoms with Crippen LogP contribution < -0.4 is 26.2 Å². The summed E-state index contributed by atoms with van der Waals surface area (Å²) in [5, 5.41) is 3.39. The molecule has 4 aliphatic heterocycles. The molecule has 0 saturated carbocycles. The summed E-state index contributed by atoms with van der Waals surface area (Å²) in [4.78, 5) is 20.1. The molecule has 0 spiro atoms. The quantitative estimate of drug-likeness (QED) is 0.0975. The van der Waals surface area contributed by atoms with Crippen LogP contribution in [0.15, 0.2) is 184 Å². The predicted molar refractivity (Wildman–Crippen MR) is 367 cm³/mol. The van der Waals surface area contributed by atoms with E-state index in [0.29, 0.717) is 0 Å². The van der Waals surface area contributed by atoms with E-state index < -0.39 is 0 Å². The van der Waals surface area contributed by atoms with Crippen LogP contribution in [0.5, 0.6) is 0 Å². The van der Waals surface area contributed by atoms with E-state index in [9.17, 15) is 4.39 Å². The molecular formula is C78H69BFIrN5S2-2. The molecule has 0 N–H and O–H groups in total. The fourth-order valence-electron chi connectivity index (χ4n) is 13.4. The van der Waals surface area contributed by atoms with E-state index in [1.54, 1.807) is 6.07 Å². The average molecular weight is 1360 g/mol. The first kappa shape index (κ1) is 58.2. The molecule has 0 amide bonds. The number of aryl methyl sites for hydroxylation is 2. The van der Waals surface area contributed by atoms with Crippen molar-refractivity contribution in [3.63, 3.8) is 0 Å². The summed E-state index contributed by atoms with van der Waals surface area (Å²) < 4.78 is 15.1. The number of fused-ring (bicyclic) bond motifs is 16. The smallest absolute Gasteiger partial charge is 0.252 e. The van der Waals surface area contributed by atoms with E-state index in [2.05, 4.69) is 242 Å². The van der Waals surface area contributed by atoms with Crippen LogP contribution in [-0.4, -0.2) is 21.1 Å². The van der Waals surface area contributed by atoms with Crippen LogP contribution in [0.3, 0.4) is 0 Å². The Balaban J connectivity index is 0.000000372. The molecule has 0 atom stereocenters. The third kappa shape index (κ3) is 9.37. The molecule has 5 nitrogen and oxygen atoms in total. The zero-order chi connectivity index (χ0) is 60.5. The summed E-state index contributed by atoms with van der Waals surface area (Å²) >= 11 is 3.92. The Morgan fingerprint density at radius 1 is 0.500 bits per heavy atom. The van der Waals surface area contributed by atoms with Crippen LogP contribution in [0.4, 0.5) is 38.5 Å².